The molecule has 0 radical (unpaired) electrons. The van der Waals surface area contributed by atoms with Crippen molar-refractivity contribution in [2.75, 3.05) is 26.4 Å². The first kappa shape index (κ1) is 22.1. The van der Waals surface area contributed by atoms with Crippen molar-refractivity contribution in [2.24, 2.45) is 0 Å². The standard InChI is InChI=1S/C13H20NO4P.2Na/c1-18-13-5-2-4-11-6-8-14(10-12(11)13)7-3-9-19(15,16)17;;/h2,4-5H,3,6-10H2,1H3,(H2,15,16,17);;/q;2*+1/p-2. The van der Waals surface area contributed by atoms with Crippen molar-refractivity contribution in [1.29, 1.82) is 0 Å². The van der Waals surface area contributed by atoms with Crippen molar-refractivity contribution in [3.8, 4) is 5.75 Å². The average Bonchev–Trinajstić information content (AvgIpc) is 2.36. The number of methoxy groups -OCH3 is 1. The number of ether oxygens (including phenoxy) is 1. The molecule has 0 amide bonds. The van der Waals surface area contributed by atoms with Crippen molar-refractivity contribution < 1.29 is 78.2 Å². The fraction of sp³-hybridized carbons (Fsp3) is 0.538. The van der Waals surface area contributed by atoms with Crippen LogP contribution in [0, 0.1) is 0 Å². The Labute approximate surface area is 170 Å². The van der Waals surface area contributed by atoms with Crippen molar-refractivity contribution >= 4 is 7.60 Å². The molecule has 0 spiro atoms. The van der Waals surface area contributed by atoms with Gasteiger partial charge < -0.3 is 19.1 Å². The summed E-state index contributed by atoms with van der Waals surface area (Å²) in [6, 6.07) is 6.02. The summed E-state index contributed by atoms with van der Waals surface area (Å²) < 4.78 is 16.0. The molecule has 0 saturated carbocycles. The van der Waals surface area contributed by atoms with Gasteiger partial charge in [0, 0.05) is 18.7 Å². The Hall–Kier alpha value is 1.13. The van der Waals surface area contributed by atoms with E-state index in [1.54, 1.807) is 7.11 Å². The minimum atomic E-state index is -4.37. The summed E-state index contributed by atoms with van der Waals surface area (Å²) in [6.45, 7) is 2.27. The van der Waals surface area contributed by atoms with E-state index in [9.17, 15) is 14.4 Å². The van der Waals surface area contributed by atoms with Gasteiger partial charge in [0.1, 0.15) is 5.75 Å². The number of hydrogen-bond donors (Lipinski definition) is 0. The average molecular weight is 329 g/mol. The third kappa shape index (κ3) is 7.05. The monoisotopic (exact) mass is 329 g/mol. The van der Waals surface area contributed by atoms with E-state index in [1.165, 1.54) is 11.1 Å². The molecule has 0 fully saturated rings. The van der Waals surface area contributed by atoms with E-state index in [4.69, 9.17) is 4.74 Å². The number of fused-ring (bicyclic) bond motifs is 1. The van der Waals surface area contributed by atoms with Gasteiger partial charge in [0.05, 0.1) is 7.11 Å². The maximum atomic E-state index is 10.6. The molecule has 0 bridgehead atoms. The summed E-state index contributed by atoms with van der Waals surface area (Å²) in [4.78, 5) is 23.4. The van der Waals surface area contributed by atoms with Crippen LogP contribution in [0.2, 0.25) is 0 Å². The smallest absolute Gasteiger partial charge is 0.811 e. The van der Waals surface area contributed by atoms with Gasteiger partial charge >= 0.3 is 59.1 Å². The predicted octanol–water partition coefficient (Wildman–Crippen LogP) is -5.63. The molecule has 0 saturated heterocycles. The number of benzene rings is 1. The van der Waals surface area contributed by atoms with Crippen LogP contribution < -0.4 is 73.6 Å². The molecular formula is C13H18NNa2O4P. The van der Waals surface area contributed by atoms with E-state index >= 15 is 0 Å². The molecular weight excluding hydrogens is 311 g/mol. The molecule has 21 heavy (non-hydrogen) atoms. The van der Waals surface area contributed by atoms with E-state index in [1.807, 2.05) is 12.1 Å². The number of hydrogen-bond acceptors (Lipinski definition) is 5. The minimum absolute atomic E-state index is 0. The largest absolute Gasteiger partial charge is 1.00 e. The van der Waals surface area contributed by atoms with Gasteiger partial charge in [0.15, 0.2) is 0 Å². The van der Waals surface area contributed by atoms with Crippen LogP contribution in [0.5, 0.6) is 5.75 Å². The molecule has 0 N–H and O–H groups in total. The van der Waals surface area contributed by atoms with E-state index < -0.39 is 7.60 Å². The molecule has 2 rings (SSSR count). The summed E-state index contributed by atoms with van der Waals surface area (Å²) >= 11 is 0. The zero-order valence-electron chi connectivity index (χ0n) is 13.0. The van der Waals surface area contributed by atoms with Gasteiger partial charge in [-0.05, 0) is 37.2 Å². The van der Waals surface area contributed by atoms with Crippen LogP contribution in [0.1, 0.15) is 17.5 Å². The van der Waals surface area contributed by atoms with Gasteiger partial charge in [-0.25, -0.2) is 0 Å². The van der Waals surface area contributed by atoms with Crippen LogP contribution in [-0.4, -0.2) is 31.3 Å². The predicted molar refractivity (Wildman–Crippen MR) is 69.1 cm³/mol. The van der Waals surface area contributed by atoms with Gasteiger partial charge in [0.25, 0.3) is 0 Å². The van der Waals surface area contributed by atoms with Gasteiger partial charge in [-0.3, -0.25) is 4.90 Å². The van der Waals surface area contributed by atoms with Crippen LogP contribution in [-0.2, 0) is 17.5 Å². The molecule has 1 aromatic carbocycles. The van der Waals surface area contributed by atoms with E-state index in [-0.39, 0.29) is 65.3 Å². The first-order valence-corrected chi connectivity index (χ1v) is 8.10. The zero-order valence-corrected chi connectivity index (χ0v) is 17.9. The Kier molecular flexibility index (Phi) is 10.6. The summed E-state index contributed by atoms with van der Waals surface area (Å²) in [5.74, 6) is 0.875. The maximum Gasteiger partial charge on any atom is 1.00 e. The van der Waals surface area contributed by atoms with Crippen molar-refractivity contribution in [1.82, 2.24) is 4.90 Å². The Morgan fingerprint density at radius 3 is 2.67 bits per heavy atom. The molecule has 0 aromatic heterocycles. The number of rotatable bonds is 5. The second kappa shape index (κ2) is 10.1. The Balaban J connectivity index is 0.00000200. The van der Waals surface area contributed by atoms with Crippen molar-refractivity contribution in [3.63, 3.8) is 0 Å². The van der Waals surface area contributed by atoms with Gasteiger partial charge in [-0.15, -0.1) is 0 Å². The molecule has 8 heteroatoms. The molecule has 0 aliphatic carbocycles. The molecule has 106 valence electrons. The SMILES string of the molecule is COc1cccc2c1CN(CCCP(=O)([O-])[O-])CC2.[Na+].[Na+]. The third-order valence-electron chi connectivity index (χ3n) is 3.44. The molecule has 0 atom stereocenters. The Morgan fingerprint density at radius 1 is 1.33 bits per heavy atom. The zero-order chi connectivity index (χ0) is 13.9. The topological polar surface area (TPSA) is 75.7 Å². The van der Waals surface area contributed by atoms with Crippen LogP contribution in [0.25, 0.3) is 0 Å². The first-order valence-electron chi connectivity index (χ1n) is 6.38. The Bertz CT molecular complexity index is 481. The van der Waals surface area contributed by atoms with E-state index in [0.717, 1.165) is 25.3 Å². The number of nitrogens with zero attached hydrogens (tertiary/aromatic N) is 1. The molecule has 0 unspecified atom stereocenters. The third-order valence-corrected chi connectivity index (χ3v) is 4.30. The Morgan fingerprint density at radius 2 is 2.05 bits per heavy atom. The summed E-state index contributed by atoms with van der Waals surface area (Å²) in [6.07, 6.45) is 1.07. The normalized spacial score (nSPS) is 14.6. The van der Waals surface area contributed by atoms with Crippen LogP contribution in [0.4, 0.5) is 0 Å². The van der Waals surface area contributed by atoms with Crippen LogP contribution in [0.15, 0.2) is 18.2 Å². The van der Waals surface area contributed by atoms with Gasteiger partial charge in [-0.2, -0.15) is 0 Å². The molecule has 1 aliphatic heterocycles. The first-order chi connectivity index (χ1) is 8.99. The summed E-state index contributed by atoms with van der Waals surface area (Å²) in [7, 11) is -2.71. The minimum Gasteiger partial charge on any atom is -0.811 e. The van der Waals surface area contributed by atoms with E-state index in [0.29, 0.717) is 13.0 Å². The van der Waals surface area contributed by atoms with Crippen LogP contribution >= 0.6 is 7.60 Å². The second-order valence-corrected chi connectivity index (χ2v) is 6.48. The summed E-state index contributed by atoms with van der Waals surface area (Å²) in [5.41, 5.74) is 2.46. The molecule has 1 aromatic rings. The van der Waals surface area contributed by atoms with Gasteiger partial charge in [0.2, 0.25) is 0 Å². The quantitative estimate of drug-likeness (QED) is 0.398. The van der Waals surface area contributed by atoms with Crippen molar-refractivity contribution in [2.45, 2.75) is 19.4 Å². The second-order valence-electron chi connectivity index (χ2n) is 4.81. The summed E-state index contributed by atoms with van der Waals surface area (Å²) in [5, 5.41) is 0. The fourth-order valence-electron chi connectivity index (χ4n) is 2.48. The molecule has 1 aliphatic rings. The molecule has 5 nitrogen and oxygen atoms in total. The molecule has 1 heterocycles. The fourth-order valence-corrected chi connectivity index (χ4v) is 3.00. The maximum absolute atomic E-state index is 10.6. The van der Waals surface area contributed by atoms with E-state index in [2.05, 4.69) is 11.0 Å². The van der Waals surface area contributed by atoms with Crippen LogP contribution in [0.3, 0.4) is 0 Å². The van der Waals surface area contributed by atoms with Crippen molar-refractivity contribution in [3.05, 3.63) is 29.3 Å². The van der Waals surface area contributed by atoms with Gasteiger partial charge in [-0.1, -0.05) is 19.7 Å².